The van der Waals surface area contributed by atoms with Crippen molar-refractivity contribution in [1.82, 2.24) is 0 Å². The van der Waals surface area contributed by atoms with Gasteiger partial charge in [0.15, 0.2) is 5.78 Å². The molecule has 1 heterocycles. The first-order valence-electron chi connectivity index (χ1n) is 4.40. The van der Waals surface area contributed by atoms with E-state index in [-0.39, 0.29) is 11.9 Å². The molecular formula is C9H16O2. The molecule has 0 saturated carbocycles. The van der Waals surface area contributed by atoms with Crippen molar-refractivity contribution in [3.63, 3.8) is 0 Å². The van der Waals surface area contributed by atoms with Crippen LogP contribution >= 0.6 is 0 Å². The molecule has 0 aliphatic carbocycles. The van der Waals surface area contributed by atoms with E-state index in [0.29, 0.717) is 12.3 Å². The fourth-order valence-corrected chi connectivity index (χ4v) is 1.50. The molecule has 2 nitrogen and oxygen atoms in total. The van der Waals surface area contributed by atoms with Crippen LogP contribution in [0.25, 0.3) is 0 Å². The molecular weight excluding hydrogens is 140 g/mol. The van der Waals surface area contributed by atoms with Gasteiger partial charge in [-0.15, -0.1) is 0 Å². The number of hydrogen-bond donors (Lipinski definition) is 0. The molecule has 2 unspecified atom stereocenters. The zero-order valence-electron chi connectivity index (χ0n) is 7.30. The lowest BCUT2D eigenvalue weighted by molar-refractivity contribution is -0.129. The van der Waals surface area contributed by atoms with E-state index in [1.165, 1.54) is 0 Å². The molecule has 1 saturated heterocycles. The van der Waals surface area contributed by atoms with Crippen LogP contribution in [0.2, 0.25) is 0 Å². The molecule has 1 aliphatic rings. The minimum absolute atomic E-state index is 0.0880. The lowest BCUT2D eigenvalue weighted by Gasteiger charge is -2.11. The summed E-state index contributed by atoms with van der Waals surface area (Å²) in [4.78, 5) is 11.3. The molecule has 2 atom stereocenters. The van der Waals surface area contributed by atoms with Gasteiger partial charge in [-0.2, -0.15) is 0 Å². The fourth-order valence-electron chi connectivity index (χ4n) is 1.50. The summed E-state index contributed by atoms with van der Waals surface area (Å²) in [5.74, 6) is 0.728. The van der Waals surface area contributed by atoms with Crippen LogP contribution in [-0.4, -0.2) is 18.5 Å². The molecule has 1 rings (SSSR count). The number of ketones is 1. The van der Waals surface area contributed by atoms with Crippen molar-refractivity contribution in [2.75, 3.05) is 6.61 Å². The summed E-state index contributed by atoms with van der Waals surface area (Å²) in [5.41, 5.74) is 0. The van der Waals surface area contributed by atoms with E-state index in [2.05, 4.69) is 6.92 Å². The number of rotatable bonds is 3. The highest BCUT2D eigenvalue weighted by molar-refractivity contribution is 5.83. The second kappa shape index (κ2) is 3.86. The summed E-state index contributed by atoms with van der Waals surface area (Å²) in [6.45, 7) is 4.88. The first-order chi connectivity index (χ1) is 5.25. The molecule has 0 radical (unpaired) electrons. The van der Waals surface area contributed by atoms with Crippen LogP contribution in [0.1, 0.15) is 33.1 Å². The monoisotopic (exact) mass is 156 g/mol. The first-order valence-corrected chi connectivity index (χ1v) is 4.40. The summed E-state index contributed by atoms with van der Waals surface area (Å²) >= 11 is 0. The van der Waals surface area contributed by atoms with Crippen LogP contribution in [0.15, 0.2) is 0 Å². The summed E-state index contributed by atoms with van der Waals surface area (Å²) in [5, 5.41) is 0. The Labute approximate surface area is 67.9 Å². The highest BCUT2D eigenvalue weighted by Gasteiger charge is 2.29. The Morgan fingerprint density at radius 2 is 2.36 bits per heavy atom. The van der Waals surface area contributed by atoms with E-state index in [1.807, 2.05) is 6.92 Å². The quantitative estimate of drug-likeness (QED) is 0.622. The zero-order chi connectivity index (χ0) is 8.27. The Hall–Kier alpha value is -0.370. The molecule has 0 aromatic rings. The van der Waals surface area contributed by atoms with Crippen LogP contribution in [0.4, 0.5) is 0 Å². The standard InChI is InChI=1S/C9H16O2/c1-3-4-8(10)9-7(2)5-6-11-9/h7,9H,3-6H2,1-2H3. The number of ether oxygens (including phenoxy) is 1. The Balaban J connectivity index is 2.39. The maximum absolute atomic E-state index is 11.3. The van der Waals surface area contributed by atoms with Gasteiger partial charge in [-0.3, -0.25) is 4.79 Å². The van der Waals surface area contributed by atoms with E-state index in [9.17, 15) is 4.79 Å². The van der Waals surface area contributed by atoms with Crippen LogP contribution in [0.3, 0.4) is 0 Å². The molecule has 0 spiro atoms. The Morgan fingerprint density at radius 3 is 2.82 bits per heavy atom. The smallest absolute Gasteiger partial charge is 0.161 e. The van der Waals surface area contributed by atoms with E-state index in [4.69, 9.17) is 4.74 Å². The molecule has 0 amide bonds. The van der Waals surface area contributed by atoms with Crippen molar-refractivity contribution in [3.8, 4) is 0 Å². The van der Waals surface area contributed by atoms with E-state index in [0.717, 1.165) is 19.4 Å². The van der Waals surface area contributed by atoms with Crippen LogP contribution in [0, 0.1) is 5.92 Å². The molecule has 11 heavy (non-hydrogen) atoms. The molecule has 0 aromatic carbocycles. The molecule has 0 aromatic heterocycles. The van der Waals surface area contributed by atoms with Crippen molar-refractivity contribution in [3.05, 3.63) is 0 Å². The number of Topliss-reactive ketones (excluding diaryl/α,β-unsaturated/α-hetero) is 1. The van der Waals surface area contributed by atoms with Gasteiger partial charge in [-0.1, -0.05) is 13.8 Å². The van der Waals surface area contributed by atoms with Gasteiger partial charge in [0.1, 0.15) is 6.10 Å². The SMILES string of the molecule is CCCC(=O)C1OCCC1C. The van der Waals surface area contributed by atoms with Gasteiger partial charge < -0.3 is 4.74 Å². The summed E-state index contributed by atoms with van der Waals surface area (Å²) in [7, 11) is 0. The van der Waals surface area contributed by atoms with Gasteiger partial charge in [0.25, 0.3) is 0 Å². The van der Waals surface area contributed by atoms with E-state index in [1.54, 1.807) is 0 Å². The summed E-state index contributed by atoms with van der Waals surface area (Å²) in [6.07, 6.45) is 2.57. The van der Waals surface area contributed by atoms with Crippen molar-refractivity contribution in [2.24, 2.45) is 5.92 Å². The molecule has 1 fully saturated rings. The fraction of sp³-hybridized carbons (Fsp3) is 0.889. The highest BCUT2D eigenvalue weighted by atomic mass is 16.5. The minimum Gasteiger partial charge on any atom is -0.370 e. The summed E-state index contributed by atoms with van der Waals surface area (Å²) in [6, 6.07) is 0. The van der Waals surface area contributed by atoms with Gasteiger partial charge in [-0.05, 0) is 18.8 Å². The third kappa shape index (κ3) is 2.03. The van der Waals surface area contributed by atoms with Gasteiger partial charge in [0, 0.05) is 13.0 Å². The van der Waals surface area contributed by atoms with Crippen LogP contribution in [0.5, 0.6) is 0 Å². The third-order valence-electron chi connectivity index (χ3n) is 2.20. The van der Waals surface area contributed by atoms with Gasteiger partial charge in [0.2, 0.25) is 0 Å². The van der Waals surface area contributed by atoms with E-state index >= 15 is 0 Å². The van der Waals surface area contributed by atoms with Crippen molar-refractivity contribution in [2.45, 2.75) is 39.2 Å². The topological polar surface area (TPSA) is 26.3 Å². The largest absolute Gasteiger partial charge is 0.370 e. The van der Waals surface area contributed by atoms with Gasteiger partial charge >= 0.3 is 0 Å². The zero-order valence-corrected chi connectivity index (χ0v) is 7.30. The predicted molar refractivity (Wildman–Crippen MR) is 43.4 cm³/mol. The minimum atomic E-state index is -0.0880. The number of carbonyl (C=O) groups excluding carboxylic acids is 1. The average Bonchev–Trinajstić information content (AvgIpc) is 2.36. The normalized spacial score (nSPS) is 30.7. The Bertz CT molecular complexity index is 142. The maximum Gasteiger partial charge on any atom is 0.161 e. The average molecular weight is 156 g/mol. The van der Waals surface area contributed by atoms with Gasteiger partial charge in [-0.25, -0.2) is 0 Å². The maximum atomic E-state index is 11.3. The molecule has 2 heteroatoms. The van der Waals surface area contributed by atoms with Crippen molar-refractivity contribution >= 4 is 5.78 Å². The Kier molecular flexibility index (Phi) is 3.06. The Morgan fingerprint density at radius 1 is 1.64 bits per heavy atom. The molecule has 64 valence electrons. The predicted octanol–water partition coefficient (Wildman–Crippen LogP) is 1.78. The van der Waals surface area contributed by atoms with Crippen LogP contribution < -0.4 is 0 Å². The van der Waals surface area contributed by atoms with Crippen molar-refractivity contribution in [1.29, 1.82) is 0 Å². The first kappa shape index (κ1) is 8.72. The number of carbonyl (C=O) groups is 1. The lowest BCUT2D eigenvalue weighted by atomic mass is 9.98. The number of hydrogen-bond acceptors (Lipinski definition) is 2. The third-order valence-corrected chi connectivity index (χ3v) is 2.20. The highest BCUT2D eigenvalue weighted by Crippen LogP contribution is 2.21. The second-order valence-corrected chi connectivity index (χ2v) is 3.27. The lowest BCUT2D eigenvalue weighted by Crippen LogP contribution is -2.24. The summed E-state index contributed by atoms with van der Waals surface area (Å²) < 4.78 is 5.33. The van der Waals surface area contributed by atoms with Gasteiger partial charge in [0.05, 0.1) is 0 Å². The second-order valence-electron chi connectivity index (χ2n) is 3.27. The van der Waals surface area contributed by atoms with Crippen molar-refractivity contribution < 1.29 is 9.53 Å². The van der Waals surface area contributed by atoms with E-state index < -0.39 is 0 Å². The molecule has 0 bridgehead atoms. The molecule has 0 N–H and O–H groups in total. The molecule has 1 aliphatic heterocycles. The van der Waals surface area contributed by atoms with Crippen LogP contribution in [-0.2, 0) is 9.53 Å².